The summed E-state index contributed by atoms with van der Waals surface area (Å²) in [5.41, 5.74) is 6.91. The van der Waals surface area contributed by atoms with Gasteiger partial charge in [0.05, 0.1) is 16.4 Å². The summed E-state index contributed by atoms with van der Waals surface area (Å²) in [5.74, 6) is 0.779. The summed E-state index contributed by atoms with van der Waals surface area (Å²) >= 11 is 9.57. The van der Waals surface area contributed by atoms with Crippen molar-refractivity contribution in [2.24, 2.45) is 5.73 Å². The second-order valence-electron chi connectivity index (χ2n) is 4.16. The average Bonchev–Trinajstić information content (AvgIpc) is 2.67. The number of amides is 2. The molecule has 0 radical (unpaired) electrons. The van der Waals surface area contributed by atoms with E-state index in [0.717, 1.165) is 21.3 Å². The Morgan fingerprint density at radius 2 is 2.37 bits per heavy atom. The van der Waals surface area contributed by atoms with E-state index in [2.05, 4.69) is 26.2 Å². The number of nitrogens with two attached hydrogens (primary N) is 1. The third-order valence-corrected chi connectivity index (χ3v) is 3.42. The van der Waals surface area contributed by atoms with Crippen molar-refractivity contribution >= 4 is 44.6 Å². The van der Waals surface area contributed by atoms with Crippen LogP contribution in [0.3, 0.4) is 0 Å². The lowest BCUT2D eigenvalue weighted by Gasteiger charge is -2.10. The minimum Gasteiger partial charge on any atom is -0.352 e. The summed E-state index contributed by atoms with van der Waals surface area (Å²) in [6.07, 6.45) is 0. The van der Waals surface area contributed by atoms with Crippen molar-refractivity contribution in [1.29, 1.82) is 0 Å². The number of carbonyl (C=O) groups is 1. The van der Waals surface area contributed by atoms with Crippen LogP contribution in [0.2, 0.25) is 0 Å². The number of primary amides is 1. The van der Waals surface area contributed by atoms with Gasteiger partial charge in [0, 0.05) is 17.6 Å². The van der Waals surface area contributed by atoms with Gasteiger partial charge < -0.3 is 15.6 Å². The molecule has 0 saturated heterocycles. The lowest BCUT2D eigenvalue weighted by Crippen LogP contribution is -2.32. The first-order valence-electron chi connectivity index (χ1n) is 5.82. The van der Waals surface area contributed by atoms with Gasteiger partial charge in [-0.1, -0.05) is 15.9 Å². The highest BCUT2D eigenvalue weighted by Gasteiger charge is 2.14. The van der Waals surface area contributed by atoms with Gasteiger partial charge >= 0.3 is 6.03 Å². The molecule has 102 valence electrons. The van der Waals surface area contributed by atoms with Crippen molar-refractivity contribution in [2.75, 3.05) is 6.54 Å². The van der Waals surface area contributed by atoms with Gasteiger partial charge in [0.2, 0.25) is 0 Å². The Balaban J connectivity index is 2.37. The summed E-state index contributed by atoms with van der Waals surface area (Å²) < 4.78 is 2.96. The van der Waals surface area contributed by atoms with Crippen molar-refractivity contribution in [3.63, 3.8) is 0 Å². The zero-order chi connectivity index (χ0) is 14.0. The molecule has 2 aromatic rings. The fraction of sp³-hybridized carbons (Fsp3) is 0.333. The quantitative estimate of drug-likeness (QED) is 0.836. The van der Waals surface area contributed by atoms with Crippen LogP contribution in [0.15, 0.2) is 22.7 Å². The molecule has 1 aromatic carbocycles. The van der Waals surface area contributed by atoms with Gasteiger partial charge in [-0.3, -0.25) is 0 Å². The Bertz CT molecular complexity index is 611. The monoisotopic (exact) mass is 344 g/mol. The summed E-state index contributed by atoms with van der Waals surface area (Å²) in [6.45, 7) is 2.89. The van der Waals surface area contributed by atoms with E-state index in [9.17, 15) is 4.79 Å². The zero-order valence-electron chi connectivity index (χ0n) is 10.4. The third-order valence-electron chi connectivity index (χ3n) is 2.73. The molecule has 3 N–H and O–H groups in total. The van der Waals surface area contributed by atoms with E-state index in [0.29, 0.717) is 13.1 Å². The van der Waals surface area contributed by atoms with Gasteiger partial charge in [-0.15, -0.1) is 11.6 Å². The first kappa shape index (κ1) is 14.1. The molecule has 0 saturated carbocycles. The second-order valence-corrected chi connectivity index (χ2v) is 5.73. The van der Waals surface area contributed by atoms with Crippen LogP contribution in [0.5, 0.6) is 0 Å². The molecule has 0 aliphatic rings. The number of urea groups is 1. The standard InChI is InChI=1S/C12H14BrClN4O/c1-7(14)11-17-9-6-8(13)2-3-10(9)18(11)5-4-16-12(15)19/h2-3,6-7H,4-5H2,1H3,(H3,15,16,19). The largest absolute Gasteiger partial charge is 0.352 e. The van der Waals surface area contributed by atoms with E-state index in [1.54, 1.807) is 0 Å². The van der Waals surface area contributed by atoms with E-state index in [1.165, 1.54) is 0 Å². The second kappa shape index (κ2) is 5.79. The number of alkyl halides is 1. The van der Waals surface area contributed by atoms with Crippen LogP contribution in [-0.4, -0.2) is 22.1 Å². The highest BCUT2D eigenvalue weighted by atomic mass is 79.9. The van der Waals surface area contributed by atoms with E-state index < -0.39 is 6.03 Å². The number of benzene rings is 1. The Labute approximate surface area is 124 Å². The Kier molecular flexibility index (Phi) is 4.31. The van der Waals surface area contributed by atoms with Crippen molar-refractivity contribution < 1.29 is 4.79 Å². The molecule has 1 unspecified atom stereocenters. The maximum atomic E-state index is 10.7. The van der Waals surface area contributed by atoms with Crippen LogP contribution >= 0.6 is 27.5 Å². The molecule has 7 heteroatoms. The van der Waals surface area contributed by atoms with Crippen LogP contribution in [0, 0.1) is 0 Å². The van der Waals surface area contributed by atoms with Crippen molar-refractivity contribution in [1.82, 2.24) is 14.9 Å². The lowest BCUT2D eigenvalue weighted by atomic mass is 10.3. The van der Waals surface area contributed by atoms with E-state index >= 15 is 0 Å². The highest BCUT2D eigenvalue weighted by molar-refractivity contribution is 9.10. The molecule has 0 bridgehead atoms. The van der Waals surface area contributed by atoms with Gasteiger partial charge in [0.1, 0.15) is 5.82 Å². The number of hydrogen-bond acceptors (Lipinski definition) is 2. The number of fused-ring (bicyclic) bond motifs is 1. The SMILES string of the molecule is CC(Cl)c1nc2cc(Br)ccc2n1CCNC(N)=O. The van der Waals surface area contributed by atoms with Crippen molar-refractivity contribution in [3.05, 3.63) is 28.5 Å². The minimum atomic E-state index is -0.535. The molecule has 2 rings (SSSR count). The Morgan fingerprint density at radius 3 is 3.00 bits per heavy atom. The predicted molar refractivity (Wildman–Crippen MR) is 79.3 cm³/mol. The number of carbonyl (C=O) groups excluding carboxylic acids is 1. The normalized spacial score (nSPS) is 12.6. The van der Waals surface area contributed by atoms with E-state index in [4.69, 9.17) is 17.3 Å². The maximum Gasteiger partial charge on any atom is 0.312 e. The summed E-state index contributed by atoms with van der Waals surface area (Å²) in [4.78, 5) is 15.2. The van der Waals surface area contributed by atoms with E-state index in [1.807, 2.05) is 29.7 Å². The van der Waals surface area contributed by atoms with Gasteiger partial charge in [-0.25, -0.2) is 9.78 Å². The molecule has 0 fully saturated rings. The first-order chi connectivity index (χ1) is 8.99. The van der Waals surface area contributed by atoms with Crippen molar-refractivity contribution in [3.8, 4) is 0 Å². The molecule has 0 aliphatic carbocycles. The van der Waals surface area contributed by atoms with Gasteiger partial charge in [-0.2, -0.15) is 0 Å². The predicted octanol–water partition coefficient (Wildman–Crippen LogP) is 2.77. The maximum absolute atomic E-state index is 10.7. The highest BCUT2D eigenvalue weighted by Crippen LogP contribution is 2.26. The minimum absolute atomic E-state index is 0.209. The number of imidazole rings is 1. The summed E-state index contributed by atoms with van der Waals surface area (Å²) in [7, 11) is 0. The van der Waals surface area contributed by atoms with Crippen LogP contribution in [0.1, 0.15) is 18.1 Å². The fourth-order valence-corrected chi connectivity index (χ4v) is 2.47. The van der Waals surface area contributed by atoms with Gasteiger partial charge in [-0.05, 0) is 25.1 Å². The van der Waals surface area contributed by atoms with Crippen LogP contribution in [0.25, 0.3) is 11.0 Å². The number of nitrogens with one attached hydrogen (secondary N) is 1. The third kappa shape index (κ3) is 3.19. The molecule has 2 amide bonds. The topological polar surface area (TPSA) is 72.9 Å². The number of hydrogen-bond donors (Lipinski definition) is 2. The molecule has 1 aromatic heterocycles. The van der Waals surface area contributed by atoms with Gasteiger partial charge in [0.25, 0.3) is 0 Å². The number of nitrogens with zero attached hydrogens (tertiary/aromatic N) is 2. The molecule has 19 heavy (non-hydrogen) atoms. The molecular formula is C12H14BrClN4O. The number of rotatable bonds is 4. The molecule has 0 spiro atoms. The summed E-state index contributed by atoms with van der Waals surface area (Å²) in [5, 5.41) is 2.36. The number of halogens is 2. The van der Waals surface area contributed by atoms with Crippen LogP contribution in [-0.2, 0) is 6.54 Å². The zero-order valence-corrected chi connectivity index (χ0v) is 12.7. The number of aromatic nitrogens is 2. The molecule has 5 nitrogen and oxygen atoms in total. The molecular weight excluding hydrogens is 332 g/mol. The first-order valence-corrected chi connectivity index (χ1v) is 7.05. The van der Waals surface area contributed by atoms with E-state index in [-0.39, 0.29) is 5.38 Å². The summed E-state index contributed by atoms with van der Waals surface area (Å²) in [6, 6.07) is 5.33. The van der Waals surface area contributed by atoms with Crippen LogP contribution in [0.4, 0.5) is 4.79 Å². The van der Waals surface area contributed by atoms with Crippen molar-refractivity contribution in [2.45, 2.75) is 18.8 Å². The average molecular weight is 346 g/mol. The smallest absolute Gasteiger partial charge is 0.312 e. The molecule has 1 heterocycles. The Morgan fingerprint density at radius 1 is 1.63 bits per heavy atom. The van der Waals surface area contributed by atoms with Crippen LogP contribution < -0.4 is 11.1 Å². The van der Waals surface area contributed by atoms with Gasteiger partial charge in [0.15, 0.2) is 0 Å². The molecule has 0 aliphatic heterocycles. The fourth-order valence-electron chi connectivity index (χ4n) is 1.95. The molecule has 1 atom stereocenters. The lowest BCUT2D eigenvalue weighted by molar-refractivity contribution is 0.248. The Hall–Kier alpha value is -1.27.